The van der Waals surface area contributed by atoms with Gasteiger partial charge in [-0.3, -0.25) is 0 Å². The third-order valence-corrected chi connectivity index (χ3v) is 2.57. The van der Waals surface area contributed by atoms with Gasteiger partial charge in [0, 0.05) is 0 Å². The van der Waals surface area contributed by atoms with Crippen molar-refractivity contribution >= 4 is 0 Å². The summed E-state index contributed by atoms with van der Waals surface area (Å²) in [6.45, 7) is 8.24. The second-order valence-electron chi connectivity index (χ2n) is 3.48. The van der Waals surface area contributed by atoms with E-state index in [1.165, 1.54) is 30.4 Å². The molecule has 0 saturated heterocycles. The highest BCUT2D eigenvalue weighted by molar-refractivity contribution is 5.35. The zero-order chi connectivity index (χ0) is 8.97. The van der Waals surface area contributed by atoms with Crippen molar-refractivity contribution in [3.8, 4) is 0 Å². The van der Waals surface area contributed by atoms with E-state index in [0.717, 1.165) is 0 Å². The van der Waals surface area contributed by atoms with Gasteiger partial charge in [0.15, 0.2) is 0 Å². The fraction of sp³-hybridized carbons (Fsp3) is 0.500. The van der Waals surface area contributed by atoms with Gasteiger partial charge >= 0.3 is 0 Å². The molecule has 0 aromatic rings. The summed E-state index contributed by atoms with van der Waals surface area (Å²) in [4.78, 5) is 0. The van der Waals surface area contributed by atoms with Crippen LogP contribution < -0.4 is 0 Å². The highest BCUT2D eigenvalue weighted by Crippen LogP contribution is 2.30. The van der Waals surface area contributed by atoms with Gasteiger partial charge in [-0.25, -0.2) is 0 Å². The predicted octanol–water partition coefficient (Wildman–Crippen LogP) is 3.87. The Balaban J connectivity index is 2.93. The van der Waals surface area contributed by atoms with Crippen LogP contribution in [0, 0.1) is 5.92 Å². The summed E-state index contributed by atoms with van der Waals surface area (Å²) < 4.78 is 0. The summed E-state index contributed by atoms with van der Waals surface area (Å²) in [5.74, 6) is 0.711. The minimum atomic E-state index is 0.711. The molecule has 0 nitrogen and oxygen atoms in total. The van der Waals surface area contributed by atoms with Crippen molar-refractivity contribution in [2.24, 2.45) is 5.92 Å². The van der Waals surface area contributed by atoms with E-state index in [1.807, 2.05) is 6.08 Å². The number of allylic oxidation sites excluding steroid dienone is 5. The third-order valence-electron chi connectivity index (χ3n) is 2.57. The molecule has 0 bridgehead atoms. The van der Waals surface area contributed by atoms with E-state index in [1.54, 1.807) is 0 Å². The standard InChI is InChI=1S/C12H18/c1-4-7-11-9-6-8-10(3)12(11)5-2/h4-5,7,10H,2,6,8-9H2,1,3H3/b7-4-/t10-/m1/s1. The lowest BCUT2D eigenvalue weighted by atomic mass is 9.84. The molecule has 0 aliphatic heterocycles. The molecule has 0 heterocycles. The second-order valence-corrected chi connectivity index (χ2v) is 3.48. The monoisotopic (exact) mass is 162 g/mol. The quantitative estimate of drug-likeness (QED) is 0.578. The molecule has 1 aliphatic rings. The third kappa shape index (κ3) is 1.88. The van der Waals surface area contributed by atoms with Crippen LogP contribution in [-0.4, -0.2) is 0 Å². The lowest BCUT2D eigenvalue weighted by molar-refractivity contribution is 0.552. The molecule has 1 atom stereocenters. The molecule has 0 aromatic heterocycles. The maximum atomic E-state index is 3.88. The highest BCUT2D eigenvalue weighted by atomic mass is 14.2. The fourth-order valence-electron chi connectivity index (χ4n) is 1.93. The lowest BCUT2D eigenvalue weighted by Gasteiger charge is -2.22. The van der Waals surface area contributed by atoms with Crippen LogP contribution in [-0.2, 0) is 0 Å². The van der Waals surface area contributed by atoms with Crippen molar-refractivity contribution in [3.63, 3.8) is 0 Å². The van der Waals surface area contributed by atoms with Gasteiger partial charge in [-0.2, -0.15) is 0 Å². The van der Waals surface area contributed by atoms with Crippen molar-refractivity contribution in [1.82, 2.24) is 0 Å². The van der Waals surface area contributed by atoms with E-state index in [4.69, 9.17) is 0 Å². The van der Waals surface area contributed by atoms with Crippen LogP contribution in [0.5, 0.6) is 0 Å². The average molecular weight is 162 g/mol. The van der Waals surface area contributed by atoms with Crippen LogP contribution in [0.2, 0.25) is 0 Å². The first kappa shape index (κ1) is 9.31. The van der Waals surface area contributed by atoms with Gasteiger partial charge in [-0.05, 0) is 43.3 Å². The van der Waals surface area contributed by atoms with Crippen molar-refractivity contribution in [2.75, 3.05) is 0 Å². The van der Waals surface area contributed by atoms with Crippen molar-refractivity contribution in [2.45, 2.75) is 33.1 Å². The largest absolute Gasteiger partial charge is 0.0988 e. The first-order valence-corrected chi connectivity index (χ1v) is 4.77. The molecule has 1 rings (SSSR count). The number of hydrogen-bond donors (Lipinski definition) is 0. The second kappa shape index (κ2) is 4.30. The normalized spacial score (nSPS) is 25.0. The Morgan fingerprint density at radius 1 is 1.50 bits per heavy atom. The van der Waals surface area contributed by atoms with Gasteiger partial charge in [-0.1, -0.05) is 31.7 Å². The molecule has 0 saturated carbocycles. The minimum absolute atomic E-state index is 0.711. The molecule has 0 aromatic carbocycles. The van der Waals surface area contributed by atoms with Crippen LogP contribution in [0.4, 0.5) is 0 Å². The predicted molar refractivity (Wildman–Crippen MR) is 55.1 cm³/mol. The van der Waals surface area contributed by atoms with E-state index < -0.39 is 0 Å². The topological polar surface area (TPSA) is 0 Å². The molecule has 0 heteroatoms. The number of hydrogen-bond acceptors (Lipinski definition) is 0. The average Bonchev–Trinajstić information content (AvgIpc) is 2.05. The zero-order valence-corrected chi connectivity index (χ0v) is 8.14. The molecule has 0 fully saturated rings. The SMILES string of the molecule is C=CC1=C(/C=C\C)CCC[C@H]1C. The molecule has 0 spiro atoms. The smallest absolute Gasteiger partial charge is 0.0188 e. The molecule has 12 heavy (non-hydrogen) atoms. The van der Waals surface area contributed by atoms with E-state index >= 15 is 0 Å². The van der Waals surface area contributed by atoms with Crippen LogP contribution >= 0.6 is 0 Å². The Morgan fingerprint density at radius 2 is 2.25 bits per heavy atom. The van der Waals surface area contributed by atoms with Crippen LogP contribution in [0.15, 0.2) is 36.0 Å². The maximum absolute atomic E-state index is 3.88. The summed E-state index contributed by atoms with van der Waals surface area (Å²) >= 11 is 0. The van der Waals surface area contributed by atoms with E-state index in [2.05, 4.69) is 32.6 Å². The highest BCUT2D eigenvalue weighted by Gasteiger charge is 2.14. The summed E-state index contributed by atoms with van der Waals surface area (Å²) in [5, 5.41) is 0. The molecule has 0 unspecified atom stereocenters. The van der Waals surface area contributed by atoms with Crippen LogP contribution in [0.25, 0.3) is 0 Å². The van der Waals surface area contributed by atoms with Gasteiger partial charge in [0.25, 0.3) is 0 Å². The Kier molecular flexibility index (Phi) is 3.33. The maximum Gasteiger partial charge on any atom is -0.0188 e. The van der Waals surface area contributed by atoms with Crippen LogP contribution in [0.3, 0.4) is 0 Å². The lowest BCUT2D eigenvalue weighted by Crippen LogP contribution is -2.06. The fourth-order valence-corrected chi connectivity index (χ4v) is 1.93. The van der Waals surface area contributed by atoms with Gasteiger partial charge in [-0.15, -0.1) is 0 Å². The summed E-state index contributed by atoms with van der Waals surface area (Å²) in [6.07, 6.45) is 10.3. The number of rotatable bonds is 2. The van der Waals surface area contributed by atoms with Crippen LogP contribution in [0.1, 0.15) is 33.1 Å². The summed E-state index contributed by atoms with van der Waals surface area (Å²) in [7, 11) is 0. The van der Waals surface area contributed by atoms with E-state index in [9.17, 15) is 0 Å². The van der Waals surface area contributed by atoms with Gasteiger partial charge < -0.3 is 0 Å². The Morgan fingerprint density at radius 3 is 2.83 bits per heavy atom. The van der Waals surface area contributed by atoms with Gasteiger partial charge in [0.05, 0.1) is 0 Å². The summed E-state index contributed by atoms with van der Waals surface area (Å²) in [6, 6.07) is 0. The van der Waals surface area contributed by atoms with Crippen molar-refractivity contribution < 1.29 is 0 Å². The van der Waals surface area contributed by atoms with Gasteiger partial charge in [0.1, 0.15) is 0 Å². The molecule has 0 radical (unpaired) electrons. The Bertz CT molecular complexity index is 218. The first-order valence-electron chi connectivity index (χ1n) is 4.77. The molecule has 0 amide bonds. The molecular formula is C12H18. The van der Waals surface area contributed by atoms with E-state index in [0.29, 0.717) is 5.92 Å². The summed E-state index contributed by atoms with van der Waals surface area (Å²) in [5.41, 5.74) is 2.95. The van der Waals surface area contributed by atoms with E-state index in [-0.39, 0.29) is 0 Å². The molecule has 66 valence electrons. The van der Waals surface area contributed by atoms with Crippen molar-refractivity contribution in [3.05, 3.63) is 36.0 Å². The van der Waals surface area contributed by atoms with Crippen molar-refractivity contribution in [1.29, 1.82) is 0 Å². The molecule has 1 aliphatic carbocycles. The van der Waals surface area contributed by atoms with Gasteiger partial charge in [0.2, 0.25) is 0 Å². The minimum Gasteiger partial charge on any atom is -0.0988 e. The zero-order valence-electron chi connectivity index (χ0n) is 8.14. The Labute approximate surface area is 75.7 Å². The molecular weight excluding hydrogens is 144 g/mol. The first-order chi connectivity index (χ1) is 5.79. The molecule has 0 N–H and O–H groups in total. The Hall–Kier alpha value is -0.780.